The maximum absolute atomic E-state index is 10.8. The Kier molecular flexibility index (Phi) is 4.81. The molecule has 66 valence electrons. The molecule has 3 N–H and O–H groups in total. The number of methoxy groups -OCH3 is 1. The van der Waals surface area contributed by atoms with Gasteiger partial charge in [0.2, 0.25) is 0 Å². The minimum atomic E-state index is -0.272. The Morgan fingerprint density at radius 3 is 2.55 bits per heavy atom. The van der Waals surface area contributed by atoms with Crippen molar-refractivity contribution in [2.75, 3.05) is 13.7 Å². The number of hydrogen-bond acceptors (Lipinski definition) is 4. The van der Waals surface area contributed by atoms with Gasteiger partial charge in [-0.05, 0) is 13.8 Å². The van der Waals surface area contributed by atoms with Crippen LogP contribution in [0.25, 0.3) is 0 Å². The van der Waals surface area contributed by atoms with Crippen LogP contribution in [0.3, 0.4) is 0 Å². The Bertz CT molecular complexity index is 126. The number of esters is 1. The van der Waals surface area contributed by atoms with Crippen LogP contribution in [0.15, 0.2) is 0 Å². The van der Waals surface area contributed by atoms with E-state index in [0.717, 1.165) is 0 Å². The third kappa shape index (κ3) is 4.75. The second-order valence-electron chi connectivity index (χ2n) is 2.63. The highest BCUT2D eigenvalue weighted by Gasteiger charge is 2.11. The fraction of sp³-hybridized carbons (Fsp3) is 0.857. The fourth-order valence-corrected chi connectivity index (χ4v) is 0.623. The van der Waals surface area contributed by atoms with Crippen molar-refractivity contribution in [1.29, 1.82) is 0 Å². The topological polar surface area (TPSA) is 64.3 Å². The molecule has 0 aliphatic heterocycles. The Morgan fingerprint density at radius 1 is 1.64 bits per heavy atom. The van der Waals surface area contributed by atoms with Crippen molar-refractivity contribution in [3.05, 3.63) is 0 Å². The molecule has 0 rings (SSSR count). The van der Waals surface area contributed by atoms with Gasteiger partial charge in [-0.15, -0.1) is 0 Å². The lowest BCUT2D eigenvalue weighted by Gasteiger charge is -2.12. The molecule has 0 unspecified atom stereocenters. The van der Waals surface area contributed by atoms with Crippen LogP contribution in [0, 0.1) is 0 Å². The smallest absolute Gasteiger partial charge is 0.322 e. The maximum atomic E-state index is 10.8. The summed E-state index contributed by atoms with van der Waals surface area (Å²) in [5.74, 6) is -0.259. The molecule has 0 amide bonds. The number of nitrogens with one attached hydrogen (secondary N) is 1. The zero-order valence-electron chi connectivity index (χ0n) is 7.26. The van der Waals surface area contributed by atoms with Gasteiger partial charge in [-0.1, -0.05) is 0 Å². The molecule has 0 aliphatic carbocycles. The van der Waals surface area contributed by atoms with Crippen molar-refractivity contribution < 1.29 is 9.53 Å². The molecule has 0 aliphatic rings. The van der Waals surface area contributed by atoms with E-state index in [1.165, 1.54) is 7.11 Å². The molecule has 0 heterocycles. The van der Waals surface area contributed by atoms with Crippen LogP contribution in [-0.2, 0) is 9.53 Å². The van der Waals surface area contributed by atoms with Gasteiger partial charge in [0.1, 0.15) is 6.04 Å². The van der Waals surface area contributed by atoms with Gasteiger partial charge in [0.15, 0.2) is 0 Å². The molecule has 0 fully saturated rings. The van der Waals surface area contributed by atoms with Crippen LogP contribution in [-0.4, -0.2) is 31.7 Å². The fourth-order valence-electron chi connectivity index (χ4n) is 0.623. The van der Waals surface area contributed by atoms with Crippen molar-refractivity contribution in [3.63, 3.8) is 0 Å². The van der Waals surface area contributed by atoms with E-state index >= 15 is 0 Å². The summed E-state index contributed by atoms with van der Waals surface area (Å²) >= 11 is 0. The highest BCUT2D eigenvalue weighted by Crippen LogP contribution is 1.85. The van der Waals surface area contributed by atoms with Gasteiger partial charge in [-0.2, -0.15) is 0 Å². The lowest BCUT2D eigenvalue weighted by Crippen LogP contribution is -2.41. The second kappa shape index (κ2) is 5.09. The molecular weight excluding hydrogens is 144 g/mol. The molecule has 11 heavy (non-hydrogen) atoms. The average molecular weight is 160 g/mol. The average Bonchev–Trinajstić information content (AvgIpc) is 1.98. The molecule has 4 nitrogen and oxygen atoms in total. The zero-order chi connectivity index (χ0) is 8.85. The quantitative estimate of drug-likeness (QED) is 0.543. The number of rotatable bonds is 4. The van der Waals surface area contributed by atoms with Crippen LogP contribution >= 0.6 is 0 Å². The van der Waals surface area contributed by atoms with Crippen molar-refractivity contribution in [2.24, 2.45) is 5.73 Å². The van der Waals surface area contributed by atoms with Crippen molar-refractivity contribution in [3.8, 4) is 0 Å². The van der Waals surface area contributed by atoms with Crippen LogP contribution in [0.5, 0.6) is 0 Å². The van der Waals surface area contributed by atoms with E-state index in [1.807, 2.05) is 6.92 Å². The number of carbonyl (C=O) groups is 1. The highest BCUT2D eigenvalue weighted by atomic mass is 16.5. The number of ether oxygens (including phenoxy) is 1. The molecule has 0 aromatic rings. The van der Waals surface area contributed by atoms with E-state index in [-0.39, 0.29) is 18.1 Å². The van der Waals surface area contributed by atoms with Crippen molar-refractivity contribution in [1.82, 2.24) is 5.32 Å². The van der Waals surface area contributed by atoms with E-state index in [9.17, 15) is 4.79 Å². The number of carbonyl (C=O) groups excluding carboxylic acids is 1. The van der Waals surface area contributed by atoms with E-state index < -0.39 is 0 Å². The molecule has 4 heteroatoms. The maximum Gasteiger partial charge on any atom is 0.322 e. The first-order valence-corrected chi connectivity index (χ1v) is 3.64. The molecule has 0 spiro atoms. The minimum absolute atomic E-state index is 0.0575. The molecule has 0 aromatic carbocycles. The summed E-state index contributed by atoms with van der Waals surface area (Å²) in [7, 11) is 1.37. The van der Waals surface area contributed by atoms with Crippen LogP contribution in [0.2, 0.25) is 0 Å². The Morgan fingerprint density at radius 2 is 2.18 bits per heavy atom. The summed E-state index contributed by atoms with van der Waals surface area (Å²) in [4.78, 5) is 10.8. The van der Waals surface area contributed by atoms with Gasteiger partial charge >= 0.3 is 5.97 Å². The SMILES string of the molecule is COC(=O)[C@@H](C)NC[C@@H](C)N. The van der Waals surface area contributed by atoms with Gasteiger partial charge in [0.05, 0.1) is 7.11 Å². The monoisotopic (exact) mass is 160 g/mol. The number of hydrogen-bond donors (Lipinski definition) is 2. The lowest BCUT2D eigenvalue weighted by molar-refractivity contribution is -0.142. The Balaban J connectivity index is 3.52. The van der Waals surface area contributed by atoms with Crippen LogP contribution in [0.1, 0.15) is 13.8 Å². The summed E-state index contributed by atoms with van der Waals surface area (Å²) in [6.45, 7) is 4.24. The third-order valence-corrected chi connectivity index (χ3v) is 1.30. The predicted molar refractivity (Wildman–Crippen MR) is 43.1 cm³/mol. The normalized spacial score (nSPS) is 15.6. The van der Waals surface area contributed by atoms with Gasteiger partial charge in [-0.3, -0.25) is 4.79 Å². The van der Waals surface area contributed by atoms with Crippen LogP contribution < -0.4 is 11.1 Å². The highest BCUT2D eigenvalue weighted by molar-refractivity contribution is 5.75. The molecule has 2 atom stereocenters. The van der Waals surface area contributed by atoms with Gasteiger partial charge in [0.25, 0.3) is 0 Å². The molecule has 0 bridgehead atoms. The van der Waals surface area contributed by atoms with E-state index in [2.05, 4.69) is 10.1 Å². The van der Waals surface area contributed by atoms with Gasteiger partial charge in [0, 0.05) is 12.6 Å². The summed E-state index contributed by atoms with van der Waals surface area (Å²) in [5.41, 5.74) is 5.47. The van der Waals surface area contributed by atoms with E-state index in [4.69, 9.17) is 5.73 Å². The first kappa shape index (κ1) is 10.4. The first-order chi connectivity index (χ1) is 5.07. The second-order valence-corrected chi connectivity index (χ2v) is 2.63. The molecular formula is C7H16N2O2. The molecule has 0 aromatic heterocycles. The van der Waals surface area contributed by atoms with E-state index in [0.29, 0.717) is 6.54 Å². The first-order valence-electron chi connectivity index (χ1n) is 3.64. The Hall–Kier alpha value is -0.610. The van der Waals surface area contributed by atoms with Gasteiger partial charge in [-0.25, -0.2) is 0 Å². The molecule has 0 radical (unpaired) electrons. The molecule has 0 saturated heterocycles. The van der Waals surface area contributed by atoms with Crippen LogP contribution in [0.4, 0.5) is 0 Å². The zero-order valence-corrected chi connectivity index (χ0v) is 7.26. The Labute approximate surface area is 67.1 Å². The third-order valence-electron chi connectivity index (χ3n) is 1.30. The summed E-state index contributed by atoms with van der Waals surface area (Å²) in [5, 5.41) is 2.93. The number of nitrogens with two attached hydrogens (primary N) is 1. The largest absolute Gasteiger partial charge is 0.468 e. The van der Waals surface area contributed by atoms with Gasteiger partial charge < -0.3 is 15.8 Å². The summed E-state index contributed by atoms with van der Waals surface area (Å²) < 4.78 is 4.50. The summed E-state index contributed by atoms with van der Waals surface area (Å²) in [6.07, 6.45) is 0. The lowest BCUT2D eigenvalue weighted by atomic mass is 10.3. The summed E-state index contributed by atoms with van der Waals surface area (Å²) in [6, 6.07) is -0.215. The molecule has 0 saturated carbocycles. The minimum Gasteiger partial charge on any atom is -0.468 e. The predicted octanol–water partition coefficient (Wildman–Crippen LogP) is -0.515. The standard InChI is InChI=1S/C7H16N2O2/c1-5(8)4-9-6(2)7(10)11-3/h5-6,9H,4,8H2,1-3H3/t5-,6-/m1/s1. The van der Waals surface area contributed by atoms with Crippen molar-refractivity contribution in [2.45, 2.75) is 25.9 Å². The van der Waals surface area contributed by atoms with Crippen molar-refractivity contribution >= 4 is 5.97 Å². The van der Waals surface area contributed by atoms with E-state index in [1.54, 1.807) is 6.92 Å².